The Bertz CT molecular complexity index is 410. The molecule has 96 valence electrons. The summed E-state index contributed by atoms with van der Waals surface area (Å²) < 4.78 is 12.3. The van der Waals surface area contributed by atoms with Crippen LogP contribution in [0.3, 0.4) is 0 Å². The third kappa shape index (κ3) is 5.13. The minimum atomic E-state index is -0.913. The summed E-state index contributed by atoms with van der Waals surface area (Å²) in [5.74, 6) is 1.62. The zero-order chi connectivity index (χ0) is 13.1. The molecule has 1 aromatic rings. The summed E-state index contributed by atoms with van der Waals surface area (Å²) in [6, 6.07) is 5.62. The van der Waals surface area contributed by atoms with Crippen molar-refractivity contribution in [1.82, 2.24) is 0 Å². The Kier molecular flexibility index (Phi) is 5.07. The van der Waals surface area contributed by atoms with E-state index in [0.29, 0.717) is 5.75 Å². The monoisotopic (exact) mass is 271 g/mol. The first-order valence-electron chi connectivity index (χ1n) is 5.68. The van der Waals surface area contributed by atoms with Crippen LogP contribution in [0.4, 0.5) is 5.69 Å². The van der Waals surface area contributed by atoms with E-state index in [1.165, 1.54) is 0 Å². The molecule has 0 aliphatic rings. The molecule has 0 saturated carbocycles. The number of benzene rings is 1. The van der Waals surface area contributed by atoms with E-state index in [1.54, 1.807) is 0 Å². The number of thioether (sulfide) groups is 1. The predicted octanol–water partition coefficient (Wildman–Crippen LogP) is 3.22. The Morgan fingerprint density at radius 3 is 2.53 bits per heavy atom. The third-order valence-corrected chi connectivity index (χ3v) is 5.20. The molecule has 0 aromatic heterocycles. The van der Waals surface area contributed by atoms with Crippen LogP contribution in [0.25, 0.3) is 0 Å². The first-order chi connectivity index (χ1) is 7.79. The van der Waals surface area contributed by atoms with Crippen molar-refractivity contribution in [3.63, 3.8) is 0 Å². The molecule has 0 bridgehead atoms. The van der Waals surface area contributed by atoms with Crippen LogP contribution in [0.15, 0.2) is 23.1 Å². The first kappa shape index (κ1) is 14.6. The molecule has 0 radical (unpaired) electrons. The zero-order valence-electron chi connectivity index (χ0n) is 10.9. The quantitative estimate of drug-likeness (QED) is 0.855. The van der Waals surface area contributed by atoms with E-state index in [9.17, 15) is 4.21 Å². The normalized spacial score (nSPS) is 13.6. The molecular weight excluding hydrogens is 250 g/mol. The molecule has 1 unspecified atom stereocenters. The van der Waals surface area contributed by atoms with Crippen molar-refractivity contribution in [2.75, 3.05) is 17.2 Å². The average Bonchev–Trinajstić information content (AvgIpc) is 2.20. The van der Waals surface area contributed by atoms with Gasteiger partial charge in [-0.2, -0.15) is 11.8 Å². The second-order valence-corrected chi connectivity index (χ2v) is 8.52. The maximum absolute atomic E-state index is 12.1. The lowest BCUT2D eigenvalue weighted by Crippen LogP contribution is -2.11. The minimum Gasteiger partial charge on any atom is -0.399 e. The van der Waals surface area contributed by atoms with Crippen LogP contribution >= 0.6 is 11.8 Å². The van der Waals surface area contributed by atoms with E-state index < -0.39 is 10.8 Å². The van der Waals surface area contributed by atoms with E-state index in [0.717, 1.165) is 21.9 Å². The van der Waals surface area contributed by atoms with Crippen molar-refractivity contribution >= 4 is 28.2 Å². The average molecular weight is 271 g/mol. The Morgan fingerprint density at radius 1 is 1.35 bits per heavy atom. The largest absolute Gasteiger partial charge is 0.399 e. The van der Waals surface area contributed by atoms with Gasteiger partial charge < -0.3 is 5.73 Å². The molecule has 0 aliphatic heterocycles. The summed E-state index contributed by atoms with van der Waals surface area (Å²) in [5, 5.41) is 0. The van der Waals surface area contributed by atoms with E-state index >= 15 is 0 Å². The number of rotatable bonds is 4. The van der Waals surface area contributed by atoms with Gasteiger partial charge in [-0.25, -0.2) is 0 Å². The van der Waals surface area contributed by atoms with Crippen LogP contribution in [-0.4, -0.2) is 20.5 Å². The Balaban J connectivity index is 2.56. The maximum atomic E-state index is 12.1. The molecule has 0 amide bonds. The second-order valence-electron chi connectivity index (χ2n) is 5.03. The molecule has 2 N–H and O–H groups in total. The Labute approximate surface area is 111 Å². The van der Waals surface area contributed by atoms with E-state index in [2.05, 4.69) is 20.8 Å². The zero-order valence-corrected chi connectivity index (χ0v) is 12.6. The van der Waals surface area contributed by atoms with Crippen LogP contribution in [-0.2, 0) is 10.8 Å². The Hall–Kier alpha value is -0.480. The van der Waals surface area contributed by atoms with Crippen LogP contribution < -0.4 is 5.73 Å². The standard InChI is InChI=1S/C13H21NOS2/c1-10-9-11(5-6-12(10)14)17(15)8-7-16-13(2,3)4/h5-6,9H,7-8,14H2,1-4H3. The molecule has 4 heteroatoms. The van der Waals surface area contributed by atoms with E-state index in [4.69, 9.17) is 5.73 Å². The van der Waals surface area contributed by atoms with Crippen LogP contribution in [0.1, 0.15) is 26.3 Å². The fourth-order valence-corrected chi connectivity index (χ4v) is 3.65. The summed E-state index contributed by atoms with van der Waals surface area (Å²) in [5.41, 5.74) is 7.50. The topological polar surface area (TPSA) is 43.1 Å². The molecule has 2 nitrogen and oxygen atoms in total. The van der Waals surface area contributed by atoms with Crippen molar-refractivity contribution in [1.29, 1.82) is 0 Å². The van der Waals surface area contributed by atoms with Gasteiger partial charge in [0.05, 0.1) is 10.8 Å². The maximum Gasteiger partial charge on any atom is 0.0537 e. The molecule has 17 heavy (non-hydrogen) atoms. The summed E-state index contributed by atoms with van der Waals surface area (Å²) in [7, 11) is -0.913. The number of aryl methyl sites for hydroxylation is 1. The van der Waals surface area contributed by atoms with Crippen LogP contribution in [0, 0.1) is 6.92 Å². The molecule has 1 atom stereocenters. The number of anilines is 1. The molecule has 0 aliphatic carbocycles. The van der Waals surface area contributed by atoms with E-state index in [1.807, 2.05) is 36.9 Å². The fourth-order valence-electron chi connectivity index (χ4n) is 1.33. The highest BCUT2D eigenvalue weighted by Crippen LogP contribution is 2.23. The van der Waals surface area contributed by atoms with Gasteiger partial charge in [-0.3, -0.25) is 4.21 Å². The van der Waals surface area contributed by atoms with Crippen molar-refractivity contribution in [3.8, 4) is 0 Å². The van der Waals surface area contributed by atoms with Crippen LogP contribution in [0.2, 0.25) is 0 Å². The van der Waals surface area contributed by atoms with Gasteiger partial charge in [0.1, 0.15) is 0 Å². The van der Waals surface area contributed by atoms with Gasteiger partial charge in [0, 0.05) is 26.8 Å². The molecular formula is C13H21NOS2. The molecule has 1 aromatic carbocycles. The lowest BCUT2D eigenvalue weighted by Gasteiger charge is -2.17. The predicted molar refractivity (Wildman–Crippen MR) is 79.1 cm³/mol. The molecule has 0 fully saturated rings. The Morgan fingerprint density at radius 2 is 2.00 bits per heavy atom. The lowest BCUT2D eigenvalue weighted by molar-refractivity contribution is 0.684. The summed E-state index contributed by atoms with van der Waals surface area (Å²) in [4.78, 5) is 0.881. The van der Waals surface area contributed by atoms with Gasteiger partial charge in [-0.15, -0.1) is 0 Å². The highest BCUT2D eigenvalue weighted by atomic mass is 32.2. The van der Waals surface area contributed by atoms with Gasteiger partial charge in [0.2, 0.25) is 0 Å². The number of hydrogen-bond donors (Lipinski definition) is 1. The highest BCUT2D eigenvalue weighted by Gasteiger charge is 2.12. The molecule has 0 saturated heterocycles. The highest BCUT2D eigenvalue weighted by molar-refractivity contribution is 8.01. The lowest BCUT2D eigenvalue weighted by atomic mass is 10.2. The van der Waals surface area contributed by atoms with Crippen molar-refractivity contribution < 1.29 is 4.21 Å². The van der Waals surface area contributed by atoms with Crippen molar-refractivity contribution in [2.45, 2.75) is 37.3 Å². The molecule has 1 rings (SSSR count). The van der Waals surface area contributed by atoms with Gasteiger partial charge in [-0.1, -0.05) is 20.8 Å². The second kappa shape index (κ2) is 5.91. The van der Waals surface area contributed by atoms with Crippen LogP contribution in [0.5, 0.6) is 0 Å². The number of hydrogen-bond acceptors (Lipinski definition) is 3. The van der Waals surface area contributed by atoms with Crippen molar-refractivity contribution in [3.05, 3.63) is 23.8 Å². The summed E-state index contributed by atoms with van der Waals surface area (Å²) in [6.45, 7) is 8.47. The molecule has 0 heterocycles. The fraction of sp³-hybridized carbons (Fsp3) is 0.538. The minimum absolute atomic E-state index is 0.237. The number of nitrogen functional groups attached to an aromatic ring is 1. The smallest absolute Gasteiger partial charge is 0.0537 e. The summed E-state index contributed by atoms with van der Waals surface area (Å²) in [6.07, 6.45) is 0. The van der Waals surface area contributed by atoms with Gasteiger partial charge in [-0.05, 0) is 30.7 Å². The summed E-state index contributed by atoms with van der Waals surface area (Å²) >= 11 is 1.85. The molecule has 0 spiro atoms. The first-order valence-corrected chi connectivity index (χ1v) is 7.98. The van der Waals surface area contributed by atoms with E-state index in [-0.39, 0.29) is 4.75 Å². The van der Waals surface area contributed by atoms with Gasteiger partial charge in [0.15, 0.2) is 0 Å². The SMILES string of the molecule is Cc1cc(S(=O)CCSC(C)(C)C)ccc1N. The van der Waals surface area contributed by atoms with Crippen molar-refractivity contribution in [2.24, 2.45) is 0 Å². The van der Waals surface area contributed by atoms with Gasteiger partial charge >= 0.3 is 0 Å². The number of nitrogens with two attached hydrogens (primary N) is 1. The van der Waals surface area contributed by atoms with Gasteiger partial charge in [0.25, 0.3) is 0 Å². The third-order valence-electron chi connectivity index (χ3n) is 2.31.